The molecule has 0 aliphatic rings. The smallest absolute Gasteiger partial charge is 0.360 e. The van der Waals surface area contributed by atoms with E-state index in [1.807, 2.05) is 12.1 Å². The van der Waals surface area contributed by atoms with E-state index in [2.05, 4.69) is 31.3 Å². The monoisotopic (exact) mass is 479 g/mol. The number of hydrogen-bond donors (Lipinski definition) is 0. The number of thioether (sulfide) groups is 1. The van der Waals surface area contributed by atoms with E-state index in [9.17, 15) is 9.18 Å². The zero-order valence-corrected chi connectivity index (χ0v) is 17.8. The first-order valence-electron chi connectivity index (χ1n) is 8.23. The van der Waals surface area contributed by atoms with Gasteiger partial charge in [-0.25, -0.2) is 9.18 Å². The first kappa shape index (κ1) is 21.0. The minimum Gasteiger partial charge on any atom is -0.464 e. The van der Waals surface area contributed by atoms with E-state index >= 15 is 0 Å². The number of hydrogen-bond acceptors (Lipinski definition) is 8. The molecule has 3 rings (SSSR count). The summed E-state index contributed by atoms with van der Waals surface area (Å²) in [6, 6.07) is 11.8. The number of carbonyl (C=O) groups is 1. The van der Waals surface area contributed by atoms with Crippen LogP contribution in [0.3, 0.4) is 0 Å². The Morgan fingerprint density at radius 3 is 2.76 bits per heavy atom. The molecule has 0 saturated heterocycles. The van der Waals surface area contributed by atoms with Gasteiger partial charge in [0.2, 0.25) is 0 Å². The number of rotatable bonds is 7. The molecule has 0 unspecified atom stereocenters. The molecule has 0 saturated carbocycles. The van der Waals surface area contributed by atoms with Gasteiger partial charge in [0.1, 0.15) is 12.9 Å². The highest BCUT2D eigenvalue weighted by Gasteiger charge is 2.20. The lowest BCUT2D eigenvalue weighted by atomic mass is 10.0. The van der Waals surface area contributed by atoms with Gasteiger partial charge in [-0.1, -0.05) is 57.1 Å². The van der Waals surface area contributed by atoms with Crippen LogP contribution in [0.15, 0.2) is 61.7 Å². The Morgan fingerprint density at radius 1 is 1.24 bits per heavy atom. The number of methoxy groups -OCH3 is 1. The van der Waals surface area contributed by atoms with Crippen molar-refractivity contribution in [3.63, 3.8) is 0 Å². The molecule has 0 atom stereocenters. The van der Waals surface area contributed by atoms with Gasteiger partial charge in [-0.2, -0.15) is 0 Å². The SMILES string of the molecule is CO/N=C(/C(=O)OC)c1ccccc1CSc1nnc(-c2ccc(Br)cc2F)o1. The van der Waals surface area contributed by atoms with Crippen LogP contribution < -0.4 is 0 Å². The lowest BCUT2D eigenvalue weighted by molar-refractivity contribution is -0.132. The van der Waals surface area contributed by atoms with Gasteiger partial charge in [-0.05, 0) is 23.8 Å². The minimum absolute atomic E-state index is 0.0503. The largest absolute Gasteiger partial charge is 0.464 e. The average molecular weight is 480 g/mol. The van der Waals surface area contributed by atoms with Crippen LogP contribution in [0.1, 0.15) is 11.1 Å². The molecule has 1 heterocycles. The number of oxime groups is 1. The number of aromatic nitrogens is 2. The van der Waals surface area contributed by atoms with Crippen molar-refractivity contribution < 1.29 is 23.2 Å². The van der Waals surface area contributed by atoms with Gasteiger partial charge in [-0.15, -0.1) is 10.2 Å². The summed E-state index contributed by atoms with van der Waals surface area (Å²) in [6.45, 7) is 0. The summed E-state index contributed by atoms with van der Waals surface area (Å²) in [5.41, 5.74) is 1.61. The number of esters is 1. The van der Waals surface area contributed by atoms with E-state index in [1.165, 1.54) is 32.0 Å². The predicted molar refractivity (Wildman–Crippen MR) is 109 cm³/mol. The molecule has 7 nitrogen and oxygen atoms in total. The maximum Gasteiger partial charge on any atom is 0.360 e. The minimum atomic E-state index is -0.616. The van der Waals surface area contributed by atoms with Crippen LogP contribution in [0.2, 0.25) is 0 Å². The summed E-state index contributed by atoms with van der Waals surface area (Å²) in [4.78, 5) is 16.8. The van der Waals surface area contributed by atoms with Crippen LogP contribution in [0.4, 0.5) is 4.39 Å². The molecule has 0 fully saturated rings. The Balaban J connectivity index is 1.80. The maximum atomic E-state index is 14.1. The Kier molecular flexibility index (Phi) is 6.99. The van der Waals surface area contributed by atoms with Gasteiger partial charge in [0.25, 0.3) is 11.1 Å². The Hall–Kier alpha value is -2.72. The van der Waals surface area contributed by atoms with E-state index in [0.29, 0.717) is 15.8 Å². The topological polar surface area (TPSA) is 86.8 Å². The molecule has 150 valence electrons. The van der Waals surface area contributed by atoms with Crippen LogP contribution in [-0.2, 0) is 20.1 Å². The second kappa shape index (κ2) is 9.66. The molecule has 0 bridgehead atoms. The maximum absolute atomic E-state index is 14.1. The van der Waals surface area contributed by atoms with Crippen LogP contribution in [0.25, 0.3) is 11.5 Å². The van der Waals surface area contributed by atoms with Gasteiger partial charge >= 0.3 is 5.97 Å². The van der Waals surface area contributed by atoms with Crippen LogP contribution in [-0.4, -0.2) is 36.1 Å². The van der Waals surface area contributed by atoms with E-state index in [4.69, 9.17) is 14.0 Å². The van der Waals surface area contributed by atoms with Gasteiger partial charge < -0.3 is 14.0 Å². The zero-order chi connectivity index (χ0) is 20.8. The first-order valence-corrected chi connectivity index (χ1v) is 10.0. The molecule has 0 aliphatic heterocycles. The van der Waals surface area contributed by atoms with Crippen molar-refractivity contribution >= 4 is 39.4 Å². The fourth-order valence-electron chi connectivity index (χ4n) is 2.44. The highest BCUT2D eigenvalue weighted by Crippen LogP contribution is 2.29. The standard InChI is InChI=1S/C19H15BrFN3O4S/c1-26-18(25)16(24-27-2)13-6-4-3-5-11(13)10-29-19-23-22-17(28-19)14-8-7-12(20)9-15(14)21/h3-9H,10H2,1-2H3/b24-16+. The second-order valence-corrected chi connectivity index (χ2v) is 7.40. The van der Waals surface area contributed by atoms with E-state index < -0.39 is 11.8 Å². The van der Waals surface area contributed by atoms with Gasteiger partial charge in [0.15, 0.2) is 5.71 Å². The average Bonchev–Trinajstić information content (AvgIpc) is 3.19. The summed E-state index contributed by atoms with van der Waals surface area (Å²) in [5, 5.41) is 11.9. The van der Waals surface area contributed by atoms with Crippen molar-refractivity contribution in [2.24, 2.45) is 5.16 Å². The molecule has 29 heavy (non-hydrogen) atoms. The Labute approximate surface area is 178 Å². The molecule has 10 heteroatoms. The van der Waals surface area contributed by atoms with Crippen molar-refractivity contribution in [3.05, 3.63) is 63.9 Å². The number of benzene rings is 2. The Bertz CT molecular complexity index is 1060. The second-order valence-electron chi connectivity index (χ2n) is 5.56. The number of carbonyl (C=O) groups excluding carboxylic acids is 1. The third-order valence-electron chi connectivity index (χ3n) is 3.75. The number of nitrogens with zero attached hydrogens (tertiary/aromatic N) is 3. The quantitative estimate of drug-likeness (QED) is 0.214. The molecule has 2 aromatic carbocycles. The molecule has 0 aliphatic carbocycles. The van der Waals surface area contributed by atoms with Crippen LogP contribution >= 0.6 is 27.7 Å². The Morgan fingerprint density at radius 2 is 2.03 bits per heavy atom. The fourth-order valence-corrected chi connectivity index (χ4v) is 3.54. The number of ether oxygens (including phenoxy) is 1. The number of halogens is 2. The van der Waals surface area contributed by atoms with Gasteiger partial charge in [0, 0.05) is 15.8 Å². The van der Waals surface area contributed by atoms with Gasteiger partial charge in [-0.3, -0.25) is 0 Å². The summed E-state index contributed by atoms with van der Waals surface area (Å²) in [5.74, 6) is -0.596. The third kappa shape index (κ3) is 5.01. The molecule has 3 aromatic rings. The van der Waals surface area contributed by atoms with E-state index in [-0.39, 0.29) is 22.4 Å². The molecule has 0 radical (unpaired) electrons. The molecule has 0 amide bonds. The normalized spacial score (nSPS) is 11.4. The molecule has 0 N–H and O–H groups in total. The van der Waals surface area contributed by atoms with Crippen molar-refractivity contribution in [3.8, 4) is 11.5 Å². The molecule has 1 aromatic heterocycles. The first-order chi connectivity index (χ1) is 14.0. The van der Waals surface area contributed by atoms with Crippen molar-refractivity contribution in [2.45, 2.75) is 11.0 Å². The molecule has 0 spiro atoms. The summed E-state index contributed by atoms with van der Waals surface area (Å²) in [6.07, 6.45) is 0. The van der Waals surface area contributed by atoms with Crippen LogP contribution in [0, 0.1) is 5.82 Å². The van der Waals surface area contributed by atoms with E-state index in [0.717, 1.165) is 5.56 Å². The lowest BCUT2D eigenvalue weighted by Crippen LogP contribution is -2.19. The van der Waals surface area contributed by atoms with E-state index in [1.54, 1.807) is 24.3 Å². The molecular weight excluding hydrogens is 465 g/mol. The lowest BCUT2D eigenvalue weighted by Gasteiger charge is -2.09. The third-order valence-corrected chi connectivity index (χ3v) is 5.11. The highest BCUT2D eigenvalue weighted by molar-refractivity contribution is 9.10. The molecular formula is C19H15BrFN3O4S. The van der Waals surface area contributed by atoms with Crippen molar-refractivity contribution in [2.75, 3.05) is 14.2 Å². The predicted octanol–water partition coefficient (Wildman–Crippen LogP) is 4.45. The highest BCUT2D eigenvalue weighted by atomic mass is 79.9. The van der Waals surface area contributed by atoms with Crippen molar-refractivity contribution in [1.29, 1.82) is 0 Å². The summed E-state index contributed by atoms with van der Waals surface area (Å²) in [7, 11) is 2.62. The van der Waals surface area contributed by atoms with Crippen molar-refractivity contribution in [1.82, 2.24) is 10.2 Å². The van der Waals surface area contributed by atoms with Gasteiger partial charge in [0.05, 0.1) is 12.7 Å². The van der Waals surface area contributed by atoms with Crippen LogP contribution in [0.5, 0.6) is 0 Å². The summed E-state index contributed by atoms with van der Waals surface area (Å²) < 4.78 is 25.0. The zero-order valence-electron chi connectivity index (χ0n) is 15.4. The fraction of sp³-hybridized carbons (Fsp3) is 0.158. The summed E-state index contributed by atoms with van der Waals surface area (Å²) >= 11 is 4.45.